The van der Waals surface area contributed by atoms with Gasteiger partial charge in [0.2, 0.25) is 0 Å². The fourth-order valence-corrected chi connectivity index (χ4v) is 7.75. The van der Waals surface area contributed by atoms with Crippen molar-refractivity contribution >= 4 is 45.5 Å². The van der Waals surface area contributed by atoms with Gasteiger partial charge in [0.05, 0.1) is 34.9 Å². The van der Waals surface area contributed by atoms with Crippen LogP contribution in [-0.4, -0.2) is 11.4 Å². The van der Waals surface area contributed by atoms with Crippen LogP contribution < -0.4 is 10.0 Å². The lowest BCUT2D eigenvalue weighted by Gasteiger charge is -2.22. The van der Waals surface area contributed by atoms with Gasteiger partial charge in [0.15, 0.2) is 0 Å². The van der Waals surface area contributed by atoms with Gasteiger partial charge in [-0.15, -0.1) is 22.7 Å². The van der Waals surface area contributed by atoms with E-state index in [2.05, 4.69) is 154 Å². The van der Waals surface area contributed by atoms with Gasteiger partial charge in [-0.2, -0.15) is 10.2 Å². The molecule has 6 heteroatoms. The van der Waals surface area contributed by atoms with E-state index in [1.54, 1.807) is 22.7 Å². The maximum Gasteiger partial charge on any atom is 0.0923 e. The van der Waals surface area contributed by atoms with Gasteiger partial charge < -0.3 is 0 Å². The summed E-state index contributed by atoms with van der Waals surface area (Å²) in [7, 11) is 0. The van der Waals surface area contributed by atoms with Crippen molar-refractivity contribution in [2.24, 2.45) is 10.2 Å². The summed E-state index contributed by atoms with van der Waals surface area (Å²) in [6, 6.07) is 47.8. The van der Waals surface area contributed by atoms with Gasteiger partial charge in [0, 0.05) is 22.6 Å². The molecule has 44 heavy (non-hydrogen) atoms. The maximum atomic E-state index is 5.12. The summed E-state index contributed by atoms with van der Waals surface area (Å²) in [5.74, 6) is 0. The molecule has 0 radical (unpaired) electrons. The number of para-hydroxylation sites is 2. The summed E-state index contributed by atoms with van der Waals surface area (Å²) in [4.78, 5) is 2.68. The second-order valence-electron chi connectivity index (χ2n) is 11.1. The third kappa shape index (κ3) is 5.17. The molecule has 2 aliphatic rings. The molecular weight excluding hydrogens is 577 g/mol. The number of hydrogen-bond acceptors (Lipinski definition) is 6. The normalized spacial score (nSPS) is 18.0. The number of nitrogens with zero attached hydrogens (tertiary/aromatic N) is 4. The van der Waals surface area contributed by atoms with Crippen LogP contribution in [0, 0.1) is 0 Å². The van der Waals surface area contributed by atoms with Crippen molar-refractivity contribution in [1.29, 1.82) is 0 Å². The van der Waals surface area contributed by atoms with Crippen LogP contribution in [0.25, 0.3) is 11.1 Å². The summed E-state index contributed by atoms with van der Waals surface area (Å²) in [5.41, 5.74) is 9.23. The van der Waals surface area contributed by atoms with Crippen LogP contribution in [0.15, 0.2) is 154 Å². The molecule has 2 aliphatic heterocycles. The molecule has 4 aromatic carbocycles. The Balaban J connectivity index is 1.02. The minimum Gasteiger partial charge on any atom is -0.257 e. The predicted octanol–water partition coefficient (Wildman–Crippen LogP) is 10.2. The standard InChI is InChI=1S/C38H30N4S2/c1-3-9-31(10-4-1)41-35(37-13-7-23-43-37)25-33(39-41)29-19-15-27(16-20-29)28-17-21-30(22-18-28)34-26-36(38-14-8-24-44-38)42(40-34)32-11-5-2-6-12-32/h1-24,35-36H,25-26H2. The van der Waals surface area contributed by atoms with Crippen molar-refractivity contribution in [3.05, 3.63) is 165 Å². The zero-order valence-corrected chi connectivity index (χ0v) is 25.7. The number of benzene rings is 4. The number of anilines is 2. The van der Waals surface area contributed by atoms with Gasteiger partial charge in [-0.05, 0) is 69.4 Å². The highest BCUT2D eigenvalue weighted by Gasteiger charge is 2.31. The first-order valence-electron chi connectivity index (χ1n) is 14.9. The molecule has 214 valence electrons. The highest BCUT2D eigenvalue weighted by molar-refractivity contribution is 7.10. The monoisotopic (exact) mass is 606 g/mol. The molecule has 4 nitrogen and oxygen atoms in total. The second kappa shape index (κ2) is 11.7. The summed E-state index contributed by atoms with van der Waals surface area (Å²) >= 11 is 3.60. The Bertz CT molecular complexity index is 1750. The van der Waals surface area contributed by atoms with Crippen LogP contribution >= 0.6 is 22.7 Å². The largest absolute Gasteiger partial charge is 0.257 e. The molecule has 0 saturated heterocycles. The van der Waals surface area contributed by atoms with Gasteiger partial charge >= 0.3 is 0 Å². The summed E-state index contributed by atoms with van der Waals surface area (Å²) in [6.07, 6.45) is 1.77. The van der Waals surface area contributed by atoms with Crippen LogP contribution in [0.3, 0.4) is 0 Å². The van der Waals surface area contributed by atoms with Crippen molar-refractivity contribution in [1.82, 2.24) is 0 Å². The van der Waals surface area contributed by atoms with Crippen molar-refractivity contribution in [2.45, 2.75) is 24.9 Å². The smallest absolute Gasteiger partial charge is 0.0923 e. The van der Waals surface area contributed by atoms with E-state index in [-0.39, 0.29) is 12.1 Å². The fourth-order valence-electron chi connectivity index (χ4n) is 6.12. The van der Waals surface area contributed by atoms with Crippen LogP contribution in [0.2, 0.25) is 0 Å². The quantitative estimate of drug-likeness (QED) is 0.181. The van der Waals surface area contributed by atoms with Gasteiger partial charge in [-0.25, -0.2) is 0 Å². The summed E-state index contributed by atoms with van der Waals surface area (Å²) in [6.45, 7) is 0. The third-order valence-electron chi connectivity index (χ3n) is 8.37. The van der Waals surface area contributed by atoms with Crippen LogP contribution in [0.4, 0.5) is 11.4 Å². The molecule has 2 atom stereocenters. The zero-order valence-electron chi connectivity index (χ0n) is 24.0. The molecule has 4 heterocycles. The number of rotatable bonds is 7. The highest BCUT2D eigenvalue weighted by Crippen LogP contribution is 2.40. The van der Waals surface area contributed by atoms with E-state index in [9.17, 15) is 0 Å². The lowest BCUT2D eigenvalue weighted by molar-refractivity contribution is 0.722. The lowest BCUT2D eigenvalue weighted by Crippen LogP contribution is -2.17. The Kier molecular flexibility index (Phi) is 7.14. The highest BCUT2D eigenvalue weighted by atomic mass is 32.1. The minimum atomic E-state index is 0.218. The van der Waals surface area contributed by atoms with Crippen molar-refractivity contribution < 1.29 is 0 Å². The lowest BCUT2D eigenvalue weighted by atomic mass is 9.97. The molecule has 0 aliphatic carbocycles. The molecule has 6 aromatic rings. The molecule has 0 fully saturated rings. The van der Waals surface area contributed by atoms with E-state index >= 15 is 0 Å². The molecule has 0 saturated carbocycles. The first-order valence-corrected chi connectivity index (χ1v) is 16.7. The molecule has 0 bridgehead atoms. The van der Waals surface area contributed by atoms with Crippen LogP contribution in [-0.2, 0) is 0 Å². The number of thiophene rings is 2. The van der Waals surface area contributed by atoms with E-state index in [0.717, 1.165) is 35.6 Å². The van der Waals surface area contributed by atoms with Gasteiger partial charge in [-0.3, -0.25) is 10.0 Å². The molecule has 0 amide bonds. The van der Waals surface area contributed by atoms with E-state index in [1.807, 2.05) is 0 Å². The predicted molar refractivity (Wildman–Crippen MR) is 186 cm³/mol. The van der Waals surface area contributed by atoms with E-state index in [4.69, 9.17) is 10.2 Å². The first-order chi connectivity index (χ1) is 21.8. The van der Waals surface area contributed by atoms with Gasteiger partial charge in [-0.1, -0.05) is 97.1 Å². The fraction of sp³-hybridized carbons (Fsp3) is 0.105. The summed E-state index contributed by atoms with van der Waals surface area (Å²) in [5, 5.41) is 18.9. The Hall–Kier alpha value is -4.78. The molecule has 0 spiro atoms. The maximum absolute atomic E-state index is 5.12. The third-order valence-corrected chi connectivity index (χ3v) is 10.3. The van der Waals surface area contributed by atoms with Crippen molar-refractivity contribution in [3.8, 4) is 11.1 Å². The van der Waals surface area contributed by atoms with Crippen molar-refractivity contribution in [3.63, 3.8) is 0 Å². The van der Waals surface area contributed by atoms with E-state index < -0.39 is 0 Å². The Morgan fingerprint density at radius 1 is 0.432 bits per heavy atom. The Labute approximate surface area is 265 Å². The van der Waals surface area contributed by atoms with E-state index in [0.29, 0.717) is 0 Å². The average Bonchev–Trinajstić information content (AvgIpc) is 3.92. The Morgan fingerprint density at radius 3 is 1.18 bits per heavy atom. The topological polar surface area (TPSA) is 31.2 Å². The van der Waals surface area contributed by atoms with Crippen LogP contribution in [0.1, 0.15) is 45.8 Å². The molecular formula is C38H30N4S2. The first kappa shape index (κ1) is 26.8. The number of hydrogen-bond donors (Lipinski definition) is 0. The molecule has 8 rings (SSSR count). The zero-order chi connectivity index (χ0) is 29.3. The minimum absolute atomic E-state index is 0.218. The van der Waals surface area contributed by atoms with Gasteiger partial charge in [0.25, 0.3) is 0 Å². The SMILES string of the molecule is c1ccc(N2N=C(c3ccc(-c4ccc(C5=NN(c6ccccc6)C(c6cccs6)C5)cc4)cc3)CC2c2cccs2)cc1. The van der Waals surface area contributed by atoms with Crippen molar-refractivity contribution in [2.75, 3.05) is 10.0 Å². The average molecular weight is 607 g/mol. The van der Waals surface area contributed by atoms with Gasteiger partial charge in [0.1, 0.15) is 0 Å². The Morgan fingerprint density at radius 2 is 0.818 bits per heavy atom. The molecule has 2 unspecified atom stereocenters. The molecule has 2 aromatic heterocycles. The second-order valence-corrected chi connectivity index (χ2v) is 13.0. The van der Waals surface area contributed by atoms with E-state index in [1.165, 1.54) is 32.0 Å². The molecule has 0 N–H and O–H groups in total. The summed E-state index contributed by atoms with van der Waals surface area (Å²) < 4.78 is 0. The number of hydrazone groups is 2. The van der Waals surface area contributed by atoms with Crippen LogP contribution in [0.5, 0.6) is 0 Å².